The quantitative estimate of drug-likeness (QED) is 0.490. The summed E-state index contributed by atoms with van der Waals surface area (Å²) in [7, 11) is 0. The van der Waals surface area contributed by atoms with E-state index in [2.05, 4.69) is 33.7 Å². The van der Waals surface area contributed by atoms with Gasteiger partial charge in [-0.1, -0.05) is 30.0 Å². The highest BCUT2D eigenvalue weighted by Gasteiger charge is 2.17. The molecule has 8 heteroatoms. The van der Waals surface area contributed by atoms with E-state index in [4.69, 9.17) is 10.3 Å². The first kappa shape index (κ1) is 18.6. The number of nitrogens with one attached hydrogen (secondary N) is 1. The van der Waals surface area contributed by atoms with Crippen LogP contribution in [0.25, 0.3) is 11.6 Å². The summed E-state index contributed by atoms with van der Waals surface area (Å²) >= 11 is 1.24. The van der Waals surface area contributed by atoms with Crippen LogP contribution in [-0.2, 0) is 17.6 Å². The van der Waals surface area contributed by atoms with Gasteiger partial charge in [0.2, 0.25) is 16.9 Å². The fourth-order valence-electron chi connectivity index (χ4n) is 3.47. The number of carbonyl (C=O) groups is 1. The second-order valence-electron chi connectivity index (χ2n) is 6.97. The van der Waals surface area contributed by atoms with Gasteiger partial charge in [-0.15, -0.1) is 10.2 Å². The largest absolute Gasteiger partial charge is 0.461 e. The Hall–Kier alpha value is -2.74. The molecular weight excluding hydrogens is 374 g/mol. The highest BCUT2D eigenvalue weighted by Crippen LogP contribution is 2.25. The van der Waals surface area contributed by atoms with Crippen LogP contribution in [0.3, 0.4) is 0 Å². The van der Waals surface area contributed by atoms with Gasteiger partial charge < -0.3 is 15.6 Å². The minimum atomic E-state index is -0.0715. The number of amides is 1. The number of rotatable bonds is 6. The molecule has 0 aliphatic heterocycles. The van der Waals surface area contributed by atoms with E-state index in [0.29, 0.717) is 16.7 Å². The summed E-state index contributed by atoms with van der Waals surface area (Å²) < 4.78 is 6.63. The van der Waals surface area contributed by atoms with Gasteiger partial charge in [-0.25, -0.2) is 4.68 Å². The molecule has 0 saturated carbocycles. The van der Waals surface area contributed by atoms with Crippen molar-refractivity contribution in [3.8, 4) is 11.6 Å². The lowest BCUT2D eigenvalue weighted by Crippen LogP contribution is -2.28. The van der Waals surface area contributed by atoms with E-state index in [-0.39, 0.29) is 17.7 Å². The number of nitrogens with zero attached hydrogens (tertiary/aromatic N) is 3. The molecule has 3 aromatic rings. The van der Waals surface area contributed by atoms with E-state index in [1.165, 1.54) is 40.4 Å². The molecular formula is C20H23N5O2S. The standard InChI is InChI=1S/C20H23N5O2S/c1-13(15-9-8-14-5-2-3-6-16(14)11-15)22-18(26)12-28-20-24-23-19(25(20)21)17-7-4-10-27-17/h4,7-11,13H,2-3,5-6,12,21H2,1H3,(H,22,26)/t13-/m1/s1. The van der Waals surface area contributed by atoms with Gasteiger partial charge in [-0.3, -0.25) is 4.79 Å². The van der Waals surface area contributed by atoms with Gasteiger partial charge in [0.1, 0.15) is 0 Å². The minimum absolute atomic E-state index is 0.0465. The monoisotopic (exact) mass is 397 g/mol. The topological polar surface area (TPSA) is 99.0 Å². The maximum atomic E-state index is 12.4. The molecule has 3 N–H and O–H groups in total. The predicted molar refractivity (Wildman–Crippen MR) is 108 cm³/mol. The van der Waals surface area contributed by atoms with Gasteiger partial charge in [0.15, 0.2) is 5.76 Å². The Morgan fingerprint density at radius 2 is 2.11 bits per heavy atom. The summed E-state index contributed by atoms with van der Waals surface area (Å²) in [6.07, 6.45) is 6.35. The van der Waals surface area contributed by atoms with Gasteiger partial charge >= 0.3 is 0 Å². The molecule has 2 aromatic heterocycles. The first-order valence-corrected chi connectivity index (χ1v) is 10.4. The second kappa shape index (κ2) is 8.10. The Labute approximate surface area is 167 Å². The smallest absolute Gasteiger partial charge is 0.230 e. The van der Waals surface area contributed by atoms with Crippen LogP contribution < -0.4 is 11.2 Å². The van der Waals surface area contributed by atoms with Gasteiger partial charge in [0.25, 0.3) is 0 Å². The van der Waals surface area contributed by atoms with Crippen molar-refractivity contribution in [3.63, 3.8) is 0 Å². The third-order valence-electron chi connectivity index (χ3n) is 4.99. The Balaban J connectivity index is 1.35. The zero-order valence-corrected chi connectivity index (χ0v) is 16.5. The molecule has 1 aliphatic carbocycles. The molecule has 1 amide bonds. The van der Waals surface area contributed by atoms with Crippen molar-refractivity contribution in [1.29, 1.82) is 0 Å². The van der Waals surface area contributed by atoms with Crippen LogP contribution in [0.15, 0.2) is 46.2 Å². The number of fused-ring (bicyclic) bond motifs is 1. The molecule has 0 bridgehead atoms. The number of nitrogen functional groups attached to an aromatic ring is 1. The number of hydrogen-bond acceptors (Lipinski definition) is 6. The third-order valence-corrected chi connectivity index (χ3v) is 5.93. The lowest BCUT2D eigenvalue weighted by atomic mass is 9.89. The van der Waals surface area contributed by atoms with Crippen molar-refractivity contribution in [3.05, 3.63) is 53.3 Å². The van der Waals surface area contributed by atoms with Crippen molar-refractivity contribution in [2.24, 2.45) is 0 Å². The number of hydrogen-bond donors (Lipinski definition) is 2. The van der Waals surface area contributed by atoms with E-state index in [1.807, 2.05) is 6.92 Å². The summed E-state index contributed by atoms with van der Waals surface area (Å²) in [4.78, 5) is 12.4. The van der Waals surface area contributed by atoms with E-state index in [0.717, 1.165) is 18.4 Å². The Morgan fingerprint density at radius 3 is 2.89 bits per heavy atom. The second-order valence-corrected chi connectivity index (χ2v) is 7.91. The average Bonchev–Trinajstić information content (AvgIpc) is 3.35. The van der Waals surface area contributed by atoms with Crippen molar-refractivity contribution < 1.29 is 9.21 Å². The fourth-order valence-corrected chi connectivity index (χ4v) is 4.14. The normalized spacial score (nSPS) is 14.5. The predicted octanol–water partition coefficient (Wildman–Crippen LogP) is 3.10. The number of thioether (sulfide) groups is 1. The summed E-state index contributed by atoms with van der Waals surface area (Å²) in [6.45, 7) is 2.01. The molecule has 0 saturated heterocycles. The molecule has 0 unspecified atom stereocenters. The average molecular weight is 398 g/mol. The molecule has 0 fully saturated rings. The number of benzene rings is 1. The van der Waals surface area contributed by atoms with Crippen molar-refractivity contribution in [2.45, 2.75) is 43.8 Å². The third kappa shape index (κ3) is 3.91. The Bertz CT molecular complexity index is 967. The molecule has 0 spiro atoms. The Kier molecular flexibility index (Phi) is 5.38. The summed E-state index contributed by atoms with van der Waals surface area (Å²) in [5.74, 6) is 7.12. The highest BCUT2D eigenvalue weighted by molar-refractivity contribution is 7.99. The van der Waals surface area contributed by atoms with Crippen LogP contribution in [0.4, 0.5) is 0 Å². The van der Waals surface area contributed by atoms with Gasteiger partial charge in [0, 0.05) is 0 Å². The first-order valence-electron chi connectivity index (χ1n) is 9.40. The van der Waals surface area contributed by atoms with Crippen molar-refractivity contribution >= 4 is 17.7 Å². The summed E-state index contributed by atoms with van der Waals surface area (Å²) in [6, 6.07) is 10.0. The lowest BCUT2D eigenvalue weighted by Gasteiger charge is -2.20. The molecule has 28 heavy (non-hydrogen) atoms. The molecule has 2 heterocycles. The first-order chi connectivity index (χ1) is 13.6. The minimum Gasteiger partial charge on any atom is -0.461 e. The molecule has 7 nitrogen and oxygen atoms in total. The van der Waals surface area contributed by atoms with E-state index < -0.39 is 0 Å². The van der Waals surface area contributed by atoms with Crippen LogP contribution in [0, 0.1) is 0 Å². The number of aromatic nitrogens is 3. The fraction of sp³-hybridized carbons (Fsp3) is 0.350. The van der Waals surface area contributed by atoms with Crippen LogP contribution in [0.5, 0.6) is 0 Å². The zero-order valence-electron chi connectivity index (χ0n) is 15.7. The summed E-state index contributed by atoms with van der Waals surface area (Å²) in [5.41, 5.74) is 4.00. The maximum Gasteiger partial charge on any atom is 0.230 e. The zero-order chi connectivity index (χ0) is 19.5. The molecule has 1 aliphatic rings. The van der Waals surface area contributed by atoms with E-state index >= 15 is 0 Å². The van der Waals surface area contributed by atoms with Crippen LogP contribution >= 0.6 is 11.8 Å². The van der Waals surface area contributed by atoms with Gasteiger partial charge in [-0.2, -0.15) is 0 Å². The van der Waals surface area contributed by atoms with Crippen LogP contribution in [-0.4, -0.2) is 26.5 Å². The highest BCUT2D eigenvalue weighted by atomic mass is 32.2. The Morgan fingerprint density at radius 1 is 1.29 bits per heavy atom. The molecule has 1 atom stereocenters. The molecule has 146 valence electrons. The van der Waals surface area contributed by atoms with Crippen molar-refractivity contribution in [1.82, 2.24) is 20.2 Å². The van der Waals surface area contributed by atoms with Gasteiger partial charge in [-0.05, 0) is 61.4 Å². The maximum absolute atomic E-state index is 12.4. The number of carbonyl (C=O) groups excluding carboxylic acids is 1. The van der Waals surface area contributed by atoms with E-state index in [9.17, 15) is 4.79 Å². The number of aryl methyl sites for hydroxylation is 2. The molecule has 4 rings (SSSR count). The van der Waals surface area contributed by atoms with Crippen LogP contribution in [0.1, 0.15) is 42.5 Å². The summed E-state index contributed by atoms with van der Waals surface area (Å²) in [5, 5.41) is 11.6. The van der Waals surface area contributed by atoms with Gasteiger partial charge in [0.05, 0.1) is 18.1 Å². The number of furan rings is 1. The molecule has 1 aromatic carbocycles. The van der Waals surface area contributed by atoms with Crippen LogP contribution in [0.2, 0.25) is 0 Å². The number of nitrogens with two attached hydrogens (primary N) is 1. The van der Waals surface area contributed by atoms with E-state index in [1.54, 1.807) is 18.4 Å². The lowest BCUT2D eigenvalue weighted by molar-refractivity contribution is -0.119. The van der Waals surface area contributed by atoms with Crippen molar-refractivity contribution in [2.75, 3.05) is 11.6 Å². The molecule has 0 radical (unpaired) electrons. The SMILES string of the molecule is C[C@@H](NC(=O)CSc1nnc(-c2ccco2)n1N)c1ccc2c(c1)CCCC2.